The molecule has 10 heteroatoms. The summed E-state index contributed by atoms with van der Waals surface area (Å²) in [5.74, 6) is -0.413. The smallest absolute Gasteiger partial charge is 0.274 e. The minimum absolute atomic E-state index is 0.167. The quantitative estimate of drug-likeness (QED) is 0.935. The van der Waals surface area contributed by atoms with Gasteiger partial charge in [-0.1, -0.05) is 0 Å². The highest BCUT2D eigenvalue weighted by molar-refractivity contribution is 7.92. The van der Waals surface area contributed by atoms with Crippen molar-refractivity contribution < 1.29 is 21.6 Å². The van der Waals surface area contributed by atoms with Crippen LogP contribution >= 0.6 is 0 Å². The highest BCUT2D eigenvalue weighted by Crippen LogP contribution is 2.30. The van der Waals surface area contributed by atoms with Crippen molar-refractivity contribution in [1.29, 1.82) is 0 Å². The highest BCUT2D eigenvalue weighted by atomic mass is 32.2. The molecule has 20 heavy (non-hydrogen) atoms. The molecule has 2 rings (SSSR count). The van der Waals surface area contributed by atoms with E-state index in [1.54, 1.807) is 0 Å². The molecular weight excluding hydrogens is 297 g/mol. The number of pyridine rings is 1. The van der Waals surface area contributed by atoms with E-state index in [2.05, 4.69) is 10.1 Å². The number of hydrogen-bond donors (Lipinski definition) is 1. The van der Waals surface area contributed by atoms with Gasteiger partial charge in [0.05, 0.1) is 11.8 Å². The van der Waals surface area contributed by atoms with E-state index in [1.165, 1.54) is 17.9 Å². The van der Waals surface area contributed by atoms with Crippen LogP contribution in [0.1, 0.15) is 5.56 Å². The Labute approximate surface area is 112 Å². The van der Waals surface area contributed by atoms with E-state index in [-0.39, 0.29) is 4.90 Å². The van der Waals surface area contributed by atoms with Crippen LogP contribution in [0.15, 0.2) is 35.6 Å². The second kappa shape index (κ2) is 4.78. The second-order valence-corrected chi connectivity index (χ2v) is 5.57. The fourth-order valence-corrected chi connectivity index (χ4v) is 2.38. The molecule has 0 aliphatic rings. The first-order valence-corrected chi connectivity index (χ1v) is 6.71. The summed E-state index contributed by atoms with van der Waals surface area (Å²) in [7, 11) is -2.50. The maximum atomic E-state index is 12.5. The minimum atomic E-state index is -4.57. The van der Waals surface area contributed by atoms with Crippen LogP contribution in [0.5, 0.6) is 0 Å². The Hall–Kier alpha value is -2.10. The number of aromatic nitrogens is 3. The van der Waals surface area contributed by atoms with Gasteiger partial charge in [-0.25, -0.2) is 13.4 Å². The van der Waals surface area contributed by atoms with E-state index >= 15 is 0 Å². The normalized spacial score (nSPS) is 12.4. The molecule has 1 N–H and O–H groups in total. The molecule has 0 fully saturated rings. The molecule has 0 saturated carbocycles. The van der Waals surface area contributed by atoms with Gasteiger partial charge < -0.3 is 0 Å². The number of alkyl halides is 3. The van der Waals surface area contributed by atoms with Crippen LogP contribution in [0.2, 0.25) is 0 Å². The largest absolute Gasteiger partial charge is 0.416 e. The number of sulfonamides is 1. The molecule has 0 amide bonds. The molecule has 2 heterocycles. The average Bonchev–Trinajstić information content (AvgIpc) is 2.75. The molecule has 0 aliphatic carbocycles. The van der Waals surface area contributed by atoms with Crippen LogP contribution in [0.4, 0.5) is 19.0 Å². The molecule has 0 aromatic carbocycles. The van der Waals surface area contributed by atoms with Crippen molar-refractivity contribution in [2.75, 3.05) is 4.72 Å². The summed E-state index contributed by atoms with van der Waals surface area (Å²) in [4.78, 5) is 3.39. The number of nitrogens with zero attached hydrogens (tertiary/aromatic N) is 3. The Morgan fingerprint density at radius 3 is 2.60 bits per heavy atom. The first kappa shape index (κ1) is 14.3. The molecule has 0 spiro atoms. The Balaban J connectivity index is 2.31. The van der Waals surface area contributed by atoms with E-state index in [1.807, 2.05) is 4.72 Å². The molecule has 0 radical (unpaired) electrons. The summed E-state index contributed by atoms with van der Waals surface area (Å²) in [5, 5.41) is 3.68. The van der Waals surface area contributed by atoms with Crippen molar-refractivity contribution in [3.8, 4) is 0 Å². The van der Waals surface area contributed by atoms with E-state index < -0.39 is 27.6 Å². The zero-order valence-corrected chi connectivity index (χ0v) is 10.9. The van der Waals surface area contributed by atoms with E-state index in [0.29, 0.717) is 6.07 Å². The van der Waals surface area contributed by atoms with Gasteiger partial charge in [0.25, 0.3) is 10.0 Å². The van der Waals surface area contributed by atoms with Crippen molar-refractivity contribution in [1.82, 2.24) is 14.8 Å². The minimum Gasteiger partial charge on any atom is -0.274 e. The van der Waals surface area contributed by atoms with Gasteiger partial charge in [-0.2, -0.15) is 18.3 Å². The first-order valence-electron chi connectivity index (χ1n) is 5.23. The summed E-state index contributed by atoms with van der Waals surface area (Å²) < 4.78 is 64.5. The number of aryl methyl sites for hydroxylation is 1. The van der Waals surface area contributed by atoms with Crippen LogP contribution in [-0.4, -0.2) is 23.2 Å². The zero-order valence-electron chi connectivity index (χ0n) is 10.1. The molecule has 0 saturated heterocycles. The number of nitrogens with one attached hydrogen (secondary N) is 1. The highest BCUT2D eigenvalue weighted by Gasteiger charge is 2.31. The fourth-order valence-electron chi connectivity index (χ4n) is 1.40. The Kier molecular flexibility index (Phi) is 3.42. The molecule has 0 unspecified atom stereocenters. The Morgan fingerprint density at radius 2 is 2.05 bits per heavy atom. The second-order valence-electron chi connectivity index (χ2n) is 3.88. The lowest BCUT2D eigenvalue weighted by Crippen LogP contribution is -2.14. The average molecular weight is 306 g/mol. The van der Waals surface area contributed by atoms with Crippen LogP contribution in [0.25, 0.3) is 0 Å². The van der Waals surface area contributed by atoms with Crippen molar-refractivity contribution >= 4 is 15.8 Å². The summed E-state index contributed by atoms with van der Waals surface area (Å²) in [6.45, 7) is 0. The van der Waals surface area contributed by atoms with Gasteiger partial charge in [-0.3, -0.25) is 9.40 Å². The van der Waals surface area contributed by atoms with Gasteiger partial charge in [0.1, 0.15) is 10.7 Å². The zero-order chi connectivity index (χ0) is 15.0. The lowest BCUT2D eigenvalue weighted by atomic mass is 10.2. The molecule has 2 aromatic rings. The summed E-state index contributed by atoms with van der Waals surface area (Å²) >= 11 is 0. The Morgan fingerprint density at radius 1 is 1.35 bits per heavy atom. The third-order valence-electron chi connectivity index (χ3n) is 2.32. The van der Waals surface area contributed by atoms with Crippen molar-refractivity contribution in [2.24, 2.45) is 7.05 Å². The summed E-state index contributed by atoms with van der Waals surface area (Å²) in [5.41, 5.74) is -0.989. The van der Waals surface area contributed by atoms with Crippen molar-refractivity contribution in [3.05, 3.63) is 36.3 Å². The van der Waals surface area contributed by atoms with Crippen molar-refractivity contribution in [2.45, 2.75) is 11.1 Å². The third kappa shape index (κ3) is 3.07. The van der Waals surface area contributed by atoms with Crippen molar-refractivity contribution in [3.63, 3.8) is 0 Å². The SMILES string of the molecule is Cn1cc(S(=O)(=O)Nc2cc(C(F)(F)F)ccn2)cn1. The number of hydrogen-bond acceptors (Lipinski definition) is 4. The summed E-state index contributed by atoms with van der Waals surface area (Å²) in [6, 6.07) is 1.37. The molecule has 2 aromatic heterocycles. The van der Waals surface area contributed by atoms with Gasteiger partial charge in [-0.05, 0) is 12.1 Å². The molecule has 6 nitrogen and oxygen atoms in total. The lowest BCUT2D eigenvalue weighted by Gasteiger charge is -2.09. The van der Waals surface area contributed by atoms with Crippen LogP contribution in [-0.2, 0) is 23.2 Å². The van der Waals surface area contributed by atoms with Gasteiger partial charge >= 0.3 is 6.18 Å². The van der Waals surface area contributed by atoms with Crippen LogP contribution < -0.4 is 4.72 Å². The van der Waals surface area contributed by atoms with Crippen LogP contribution in [0, 0.1) is 0 Å². The van der Waals surface area contributed by atoms with Gasteiger partial charge in [0.15, 0.2) is 0 Å². The maximum absolute atomic E-state index is 12.5. The number of anilines is 1. The topological polar surface area (TPSA) is 76.9 Å². The van der Waals surface area contributed by atoms with Gasteiger partial charge in [-0.15, -0.1) is 0 Å². The lowest BCUT2D eigenvalue weighted by molar-refractivity contribution is -0.137. The predicted octanol–water partition coefficient (Wildman–Crippen LogP) is 1.63. The standard InChI is InChI=1S/C10H9F3N4O2S/c1-17-6-8(5-15-17)20(18,19)16-9-4-7(2-3-14-9)10(11,12)13/h2-6H,1H3,(H,14,16). The number of rotatable bonds is 3. The van der Waals surface area contributed by atoms with Gasteiger partial charge in [0.2, 0.25) is 0 Å². The first-order chi connectivity index (χ1) is 9.18. The monoisotopic (exact) mass is 306 g/mol. The van der Waals surface area contributed by atoms with E-state index in [4.69, 9.17) is 0 Å². The van der Waals surface area contributed by atoms with E-state index in [9.17, 15) is 21.6 Å². The summed E-state index contributed by atoms with van der Waals surface area (Å²) in [6.07, 6.45) is -1.40. The maximum Gasteiger partial charge on any atom is 0.416 e. The predicted molar refractivity (Wildman–Crippen MR) is 63.3 cm³/mol. The third-order valence-corrected chi connectivity index (χ3v) is 3.63. The molecule has 108 valence electrons. The molecule has 0 aliphatic heterocycles. The fraction of sp³-hybridized carbons (Fsp3) is 0.200. The Bertz CT molecular complexity index is 724. The molecular formula is C10H9F3N4O2S. The van der Waals surface area contributed by atoms with Gasteiger partial charge in [0, 0.05) is 19.4 Å². The number of halogens is 3. The van der Waals surface area contributed by atoms with Crippen LogP contribution in [0.3, 0.4) is 0 Å². The molecule has 0 bridgehead atoms. The van der Waals surface area contributed by atoms with E-state index in [0.717, 1.165) is 18.5 Å². The molecule has 0 atom stereocenters.